The Labute approximate surface area is 167 Å². The molecular formula is C18H12Cl2F2N2O2S. The first-order chi connectivity index (χ1) is 12.8. The van der Waals surface area contributed by atoms with E-state index in [9.17, 15) is 13.6 Å². The summed E-state index contributed by atoms with van der Waals surface area (Å²) in [7, 11) is 0. The van der Waals surface area contributed by atoms with Gasteiger partial charge in [-0.2, -0.15) is 0 Å². The summed E-state index contributed by atoms with van der Waals surface area (Å²) in [4.78, 5) is 16.4. The number of nitrogens with one attached hydrogen (secondary N) is 1. The fourth-order valence-electron chi connectivity index (χ4n) is 2.17. The molecule has 140 valence electrons. The number of ether oxygens (including phenoxy) is 1. The number of rotatable bonds is 5. The van der Waals surface area contributed by atoms with E-state index >= 15 is 0 Å². The Morgan fingerprint density at radius 3 is 2.70 bits per heavy atom. The number of benzene rings is 2. The number of thiazole rings is 1. The zero-order valence-electron chi connectivity index (χ0n) is 13.8. The van der Waals surface area contributed by atoms with Gasteiger partial charge in [0.15, 0.2) is 11.2 Å². The SMILES string of the molecule is CC(Oc1ccc(Cl)cc1Cl)C(=O)Nc1nc(-c2ccc(F)cc2F)cs1. The van der Waals surface area contributed by atoms with Gasteiger partial charge in [0.05, 0.1) is 10.7 Å². The Hall–Kier alpha value is -2.22. The number of anilines is 1. The molecule has 0 bridgehead atoms. The molecule has 9 heteroatoms. The molecule has 0 aliphatic heterocycles. The van der Waals surface area contributed by atoms with Gasteiger partial charge in [0.2, 0.25) is 0 Å². The fraction of sp³-hybridized carbons (Fsp3) is 0.111. The Kier molecular flexibility index (Phi) is 5.94. The summed E-state index contributed by atoms with van der Waals surface area (Å²) in [6, 6.07) is 7.87. The zero-order chi connectivity index (χ0) is 19.6. The van der Waals surface area contributed by atoms with Crippen molar-refractivity contribution < 1.29 is 18.3 Å². The zero-order valence-corrected chi connectivity index (χ0v) is 16.1. The molecule has 0 aliphatic rings. The van der Waals surface area contributed by atoms with Gasteiger partial charge in [-0.3, -0.25) is 10.1 Å². The van der Waals surface area contributed by atoms with Gasteiger partial charge < -0.3 is 4.74 Å². The van der Waals surface area contributed by atoms with Crippen LogP contribution in [0.3, 0.4) is 0 Å². The van der Waals surface area contributed by atoms with E-state index in [2.05, 4.69) is 10.3 Å². The second-order valence-electron chi connectivity index (χ2n) is 5.49. The Bertz CT molecular complexity index is 997. The van der Waals surface area contributed by atoms with E-state index in [1.807, 2.05) is 0 Å². The molecule has 0 fully saturated rings. The molecule has 0 radical (unpaired) electrons. The van der Waals surface area contributed by atoms with Crippen molar-refractivity contribution in [1.82, 2.24) is 4.98 Å². The summed E-state index contributed by atoms with van der Waals surface area (Å²) < 4.78 is 32.4. The van der Waals surface area contributed by atoms with Gasteiger partial charge in [0.25, 0.3) is 5.91 Å². The molecule has 1 heterocycles. The first-order valence-corrected chi connectivity index (χ1v) is 9.30. The monoisotopic (exact) mass is 428 g/mol. The minimum atomic E-state index is -0.862. The van der Waals surface area contributed by atoms with Gasteiger partial charge in [0, 0.05) is 22.0 Å². The minimum Gasteiger partial charge on any atom is -0.479 e. The lowest BCUT2D eigenvalue weighted by Crippen LogP contribution is -2.30. The van der Waals surface area contributed by atoms with Crippen molar-refractivity contribution in [1.29, 1.82) is 0 Å². The van der Waals surface area contributed by atoms with Gasteiger partial charge >= 0.3 is 0 Å². The largest absolute Gasteiger partial charge is 0.479 e. The number of carbonyl (C=O) groups excluding carboxylic acids is 1. The molecule has 1 aromatic heterocycles. The van der Waals surface area contributed by atoms with E-state index < -0.39 is 23.6 Å². The highest BCUT2D eigenvalue weighted by Crippen LogP contribution is 2.29. The third kappa shape index (κ3) is 4.74. The van der Waals surface area contributed by atoms with Crippen molar-refractivity contribution in [2.24, 2.45) is 0 Å². The van der Waals surface area contributed by atoms with Gasteiger partial charge in [-0.15, -0.1) is 11.3 Å². The fourth-order valence-corrected chi connectivity index (χ4v) is 3.34. The molecule has 0 spiro atoms. The van der Waals surface area contributed by atoms with Crippen LogP contribution in [0, 0.1) is 11.6 Å². The number of carbonyl (C=O) groups is 1. The highest BCUT2D eigenvalue weighted by molar-refractivity contribution is 7.14. The first kappa shape index (κ1) is 19.5. The number of amides is 1. The van der Waals surface area contributed by atoms with Crippen LogP contribution in [0.2, 0.25) is 10.0 Å². The van der Waals surface area contributed by atoms with E-state index in [0.29, 0.717) is 16.5 Å². The number of hydrogen-bond donors (Lipinski definition) is 1. The molecule has 2 aromatic carbocycles. The number of aromatic nitrogens is 1. The summed E-state index contributed by atoms with van der Waals surface area (Å²) in [5, 5.41) is 5.15. The van der Waals surface area contributed by atoms with Gasteiger partial charge in [0.1, 0.15) is 17.4 Å². The second kappa shape index (κ2) is 8.21. The van der Waals surface area contributed by atoms with Gasteiger partial charge in [-0.1, -0.05) is 23.2 Å². The van der Waals surface area contributed by atoms with E-state index in [4.69, 9.17) is 27.9 Å². The summed E-state index contributed by atoms with van der Waals surface area (Å²) in [6.45, 7) is 1.55. The van der Waals surface area contributed by atoms with E-state index in [0.717, 1.165) is 23.5 Å². The Balaban J connectivity index is 1.68. The van der Waals surface area contributed by atoms with E-state index in [1.54, 1.807) is 24.4 Å². The minimum absolute atomic E-state index is 0.144. The van der Waals surface area contributed by atoms with Crippen LogP contribution in [-0.4, -0.2) is 17.0 Å². The summed E-state index contributed by atoms with van der Waals surface area (Å²) in [6.07, 6.45) is -0.862. The second-order valence-corrected chi connectivity index (χ2v) is 7.19. The molecule has 4 nitrogen and oxygen atoms in total. The number of hydrogen-bond acceptors (Lipinski definition) is 4. The number of nitrogens with zero attached hydrogens (tertiary/aromatic N) is 1. The molecule has 3 rings (SSSR count). The quantitative estimate of drug-likeness (QED) is 0.558. The van der Waals surface area contributed by atoms with Crippen molar-refractivity contribution in [2.45, 2.75) is 13.0 Å². The molecule has 3 aromatic rings. The maximum absolute atomic E-state index is 13.8. The van der Waals surface area contributed by atoms with Crippen molar-refractivity contribution in [3.8, 4) is 17.0 Å². The maximum atomic E-state index is 13.8. The van der Waals surface area contributed by atoms with Crippen molar-refractivity contribution in [3.63, 3.8) is 0 Å². The van der Waals surface area contributed by atoms with Crippen LogP contribution >= 0.6 is 34.5 Å². The van der Waals surface area contributed by atoms with Crippen LogP contribution in [0.25, 0.3) is 11.3 Å². The van der Waals surface area contributed by atoms with Crippen molar-refractivity contribution >= 4 is 45.6 Å². The lowest BCUT2D eigenvalue weighted by Gasteiger charge is -2.14. The maximum Gasteiger partial charge on any atom is 0.266 e. The molecule has 1 amide bonds. The molecule has 0 aliphatic carbocycles. The predicted molar refractivity (Wildman–Crippen MR) is 103 cm³/mol. The molecule has 1 N–H and O–H groups in total. The standard InChI is InChI=1S/C18H12Cl2F2N2O2S/c1-9(26-16-5-2-10(19)6-13(16)20)17(25)24-18-23-15(8-27-18)12-4-3-11(21)7-14(12)22/h2-9H,1H3,(H,23,24,25). The lowest BCUT2D eigenvalue weighted by atomic mass is 10.1. The van der Waals surface area contributed by atoms with Crippen LogP contribution < -0.4 is 10.1 Å². The highest BCUT2D eigenvalue weighted by atomic mass is 35.5. The highest BCUT2D eigenvalue weighted by Gasteiger charge is 2.18. The summed E-state index contributed by atoms with van der Waals surface area (Å²) >= 11 is 13.0. The van der Waals surface area contributed by atoms with Crippen LogP contribution in [0.4, 0.5) is 13.9 Å². The molecule has 0 saturated carbocycles. The topological polar surface area (TPSA) is 51.2 Å². The third-order valence-corrected chi connectivity index (χ3v) is 4.80. The van der Waals surface area contributed by atoms with Crippen LogP contribution in [0.15, 0.2) is 41.8 Å². The van der Waals surface area contributed by atoms with Gasteiger partial charge in [-0.05, 0) is 37.3 Å². The molecule has 0 saturated heterocycles. The normalized spacial score (nSPS) is 11.9. The van der Waals surface area contributed by atoms with E-state index in [-0.39, 0.29) is 15.7 Å². The van der Waals surface area contributed by atoms with Gasteiger partial charge in [-0.25, -0.2) is 13.8 Å². The average Bonchev–Trinajstić information content (AvgIpc) is 3.05. The Morgan fingerprint density at radius 2 is 2.00 bits per heavy atom. The van der Waals surface area contributed by atoms with Crippen LogP contribution in [0.5, 0.6) is 5.75 Å². The number of halogens is 4. The predicted octanol–water partition coefficient (Wildman–Crippen LogP) is 5.80. The van der Waals surface area contributed by atoms with E-state index in [1.165, 1.54) is 12.1 Å². The molecular weight excluding hydrogens is 417 g/mol. The van der Waals surface area contributed by atoms with Crippen molar-refractivity contribution in [3.05, 3.63) is 63.5 Å². The summed E-state index contributed by atoms with van der Waals surface area (Å²) in [5.41, 5.74) is 0.438. The molecule has 27 heavy (non-hydrogen) atoms. The summed E-state index contributed by atoms with van der Waals surface area (Å²) in [5.74, 6) is -1.54. The van der Waals surface area contributed by atoms with Crippen LogP contribution in [-0.2, 0) is 4.79 Å². The third-order valence-electron chi connectivity index (χ3n) is 3.51. The average molecular weight is 429 g/mol. The van der Waals surface area contributed by atoms with Crippen molar-refractivity contribution in [2.75, 3.05) is 5.32 Å². The molecule has 1 unspecified atom stereocenters. The smallest absolute Gasteiger partial charge is 0.266 e. The van der Waals surface area contributed by atoms with Crippen LogP contribution in [0.1, 0.15) is 6.92 Å². The Morgan fingerprint density at radius 1 is 1.22 bits per heavy atom. The lowest BCUT2D eigenvalue weighted by molar-refractivity contribution is -0.122. The molecule has 1 atom stereocenters. The first-order valence-electron chi connectivity index (χ1n) is 7.67.